The van der Waals surface area contributed by atoms with Gasteiger partial charge < -0.3 is 4.74 Å². The van der Waals surface area contributed by atoms with Gasteiger partial charge in [0.1, 0.15) is 0 Å². The SMILES string of the molecule is CC(=O)OCCC(F)(F)C(F)(F)C(F)(F)C(F)(F)C(F)(F)F. The van der Waals surface area contributed by atoms with Crippen LogP contribution in [0.5, 0.6) is 0 Å². The van der Waals surface area contributed by atoms with E-state index in [1.54, 1.807) is 0 Å². The third-order valence-electron chi connectivity index (χ3n) is 2.33. The van der Waals surface area contributed by atoms with Gasteiger partial charge in [0.25, 0.3) is 0 Å². The van der Waals surface area contributed by atoms with Crippen molar-refractivity contribution in [3.8, 4) is 0 Å². The lowest BCUT2D eigenvalue weighted by Crippen LogP contribution is -2.66. The van der Waals surface area contributed by atoms with Crippen LogP contribution in [0.4, 0.5) is 48.3 Å². The number of hydrogen-bond acceptors (Lipinski definition) is 2. The Labute approximate surface area is 115 Å². The van der Waals surface area contributed by atoms with Crippen LogP contribution in [0.2, 0.25) is 0 Å². The van der Waals surface area contributed by atoms with Gasteiger partial charge in [0.05, 0.1) is 13.0 Å². The van der Waals surface area contributed by atoms with Gasteiger partial charge in [0.2, 0.25) is 0 Å². The van der Waals surface area contributed by atoms with Crippen LogP contribution in [0.15, 0.2) is 0 Å². The van der Waals surface area contributed by atoms with Gasteiger partial charge in [-0.2, -0.15) is 48.3 Å². The van der Waals surface area contributed by atoms with Crippen molar-refractivity contribution in [2.45, 2.75) is 43.2 Å². The molecule has 0 radical (unpaired) electrons. The molecule has 0 aromatic heterocycles. The molecule has 0 aromatic rings. The minimum Gasteiger partial charge on any atom is -0.466 e. The smallest absolute Gasteiger partial charge is 0.460 e. The first kappa shape index (κ1) is 20.7. The van der Waals surface area contributed by atoms with Gasteiger partial charge in [0, 0.05) is 6.92 Å². The van der Waals surface area contributed by atoms with E-state index in [1.807, 2.05) is 0 Å². The number of carbonyl (C=O) groups is 1. The topological polar surface area (TPSA) is 26.3 Å². The van der Waals surface area contributed by atoms with Crippen LogP contribution in [-0.4, -0.2) is 42.4 Å². The average Bonchev–Trinajstić information content (AvgIpc) is 2.25. The number of carbonyl (C=O) groups excluding carboxylic acids is 1. The summed E-state index contributed by atoms with van der Waals surface area (Å²) in [5, 5.41) is 0. The Balaban J connectivity index is 5.54. The molecule has 13 heteroatoms. The van der Waals surface area contributed by atoms with Crippen LogP contribution in [0.25, 0.3) is 0 Å². The fourth-order valence-corrected chi connectivity index (χ4v) is 1.08. The van der Waals surface area contributed by atoms with Crippen molar-refractivity contribution in [3.05, 3.63) is 0 Å². The molecule has 132 valence electrons. The summed E-state index contributed by atoms with van der Waals surface area (Å²) in [7, 11) is 0. The molecule has 0 fully saturated rings. The Hall–Kier alpha value is -1.30. The second-order valence-electron chi connectivity index (χ2n) is 4.02. The molecule has 0 atom stereocenters. The first-order chi connectivity index (χ1) is 9.42. The number of rotatable bonds is 6. The lowest BCUT2D eigenvalue weighted by atomic mass is 9.96. The Morgan fingerprint density at radius 3 is 1.50 bits per heavy atom. The van der Waals surface area contributed by atoms with E-state index in [4.69, 9.17) is 0 Å². The highest BCUT2D eigenvalue weighted by Crippen LogP contribution is 2.57. The molecular weight excluding hydrogens is 349 g/mol. The molecule has 0 unspecified atom stereocenters. The number of hydrogen-bond donors (Lipinski definition) is 0. The summed E-state index contributed by atoms with van der Waals surface area (Å²) < 4.78 is 141. The Bertz CT molecular complexity index is 412. The molecule has 22 heavy (non-hydrogen) atoms. The molecule has 0 N–H and O–H groups in total. The van der Waals surface area contributed by atoms with Gasteiger partial charge in [-0.3, -0.25) is 4.79 Å². The normalized spacial score (nSPS) is 14.9. The molecule has 0 aliphatic rings. The van der Waals surface area contributed by atoms with Gasteiger partial charge in [-0.1, -0.05) is 0 Å². The van der Waals surface area contributed by atoms with E-state index in [1.165, 1.54) is 0 Å². The standard InChI is InChI=1S/C9H7F11O2/c1-4(21)22-3-2-5(10,11)6(12,13)7(14,15)8(16,17)9(18,19)20/h2-3H2,1H3. The Kier molecular flexibility index (Phi) is 5.38. The first-order valence-corrected chi connectivity index (χ1v) is 5.13. The Morgan fingerprint density at radius 2 is 1.18 bits per heavy atom. The third-order valence-corrected chi connectivity index (χ3v) is 2.33. The van der Waals surface area contributed by atoms with E-state index >= 15 is 0 Å². The van der Waals surface area contributed by atoms with Crippen molar-refractivity contribution in [2.24, 2.45) is 0 Å². The average molecular weight is 356 g/mol. The van der Waals surface area contributed by atoms with Crippen molar-refractivity contribution < 1.29 is 57.8 Å². The quantitative estimate of drug-likeness (QED) is 0.530. The van der Waals surface area contributed by atoms with E-state index in [9.17, 15) is 53.1 Å². The van der Waals surface area contributed by atoms with Crippen molar-refractivity contribution in [1.82, 2.24) is 0 Å². The fourth-order valence-electron chi connectivity index (χ4n) is 1.08. The number of ether oxygens (including phenoxy) is 1. The van der Waals surface area contributed by atoms with Crippen molar-refractivity contribution in [3.63, 3.8) is 0 Å². The molecule has 0 heterocycles. The van der Waals surface area contributed by atoms with Crippen LogP contribution < -0.4 is 0 Å². The number of esters is 1. The zero-order valence-electron chi connectivity index (χ0n) is 10.4. The van der Waals surface area contributed by atoms with E-state index in [-0.39, 0.29) is 0 Å². The summed E-state index contributed by atoms with van der Waals surface area (Å²) in [6, 6.07) is 0. The van der Waals surface area contributed by atoms with Gasteiger partial charge in [-0.25, -0.2) is 0 Å². The van der Waals surface area contributed by atoms with Crippen LogP contribution in [0.3, 0.4) is 0 Å². The zero-order chi connectivity index (χ0) is 18.2. The minimum atomic E-state index is -7.43. The molecule has 0 saturated heterocycles. The Morgan fingerprint density at radius 1 is 0.773 bits per heavy atom. The monoisotopic (exact) mass is 356 g/mol. The second kappa shape index (κ2) is 5.72. The van der Waals surface area contributed by atoms with Crippen molar-refractivity contribution in [1.29, 1.82) is 0 Å². The van der Waals surface area contributed by atoms with Gasteiger partial charge >= 0.3 is 35.8 Å². The molecule has 0 aliphatic carbocycles. The molecule has 0 bridgehead atoms. The summed E-state index contributed by atoms with van der Waals surface area (Å²) in [5.74, 6) is -29.2. The van der Waals surface area contributed by atoms with Crippen molar-refractivity contribution >= 4 is 5.97 Å². The summed E-state index contributed by atoms with van der Waals surface area (Å²) in [4.78, 5) is 10.2. The lowest BCUT2D eigenvalue weighted by molar-refractivity contribution is -0.422. The molecule has 0 aliphatic heterocycles. The maximum atomic E-state index is 12.9. The first-order valence-electron chi connectivity index (χ1n) is 5.13. The predicted molar refractivity (Wildman–Crippen MR) is 47.1 cm³/mol. The predicted octanol–water partition coefficient (Wildman–Crippen LogP) is 4.04. The van der Waals surface area contributed by atoms with Crippen LogP contribution in [0.1, 0.15) is 13.3 Å². The third kappa shape index (κ3) is 3.37. The van der Waals surface area contributed by atoms with Crippen LogP contribution >= 0.6 is 0 Å². The maximum absolute atomic E-state index is 12.9. The van der Waals surface area contributed by atoms with Gasteiger partial charge in [0.15, 0.2) is 0 Å². The molecule has 0 aromatic carbocycles. The second-order valence-corrected chi connectivity index (χ2v) is 4.02. The van der Waals surface area contributed by atoms with E-state index in [0.717, 1.165) is 0 Å². The molecule has 0 rings (SSSR count). The largest absolute Gasteiger partial charge is 0.466 e. The molecule has 0 spiro atoms. The molecular formula is C9H7F11O2. The molecule has 0 saturated carbocycles. The molecule has 0 amide bonds. The zero-order valence-corrected chi connectivity index (χ0v) is 10.4. The minimum absolute atomic E-state index is 0.628. The van der Waals surface area contributed by atoms with E-state index < -0.39 is 48.9 Å². The highest BCUT2D eigenvalue weighted by atomic mass is 19.4. The van der Waals surface area contributed by atoms with Gasteiger partial charge in [-0.15, -0.1) is 0 Å². The number of halogens is 11. The summed E-state index contributed by atoms with van der Waals surface area (Å²) >= 11 is 0. The summed E-state index contributed by atoms with van der Waals surface area (Å²) in [6.45, 7) is -0.964. The highest BCUT2D eigenvalue weighted by Gasteiger charge is 2.86. The summed E-state index contributed by atoms with van der Waals surface area (Å²) in [5.41, 5.74) is 0. The molecule has 2 nitrogen and oxygen atoms in total. The van der Waals surface area contributed by atoms with Crippen LogP contribution in [-0.2, 0) is 9.53 Å². The van der Waals surface area contributed by atoms with Crippen molar-refractivity contribution in [2.75, 3.05) is 6.61 Å². The summed E-state index contributed by atoms with van der Waals surface area (Å²) in [6.07, 6.45) is -9.57. The number of alkyl halides is 11. The fraction of sp³-hybridized carbons (Fsp3) is 0.889. The van der Waals surface area contributed by atoms with E-state index in [2.05, 4.69) is 4.74 Å². The highest BCUT2D eigenvalue weighted by molar-refractivity contribution is 5.65. The van der Waals surface area contributed by atoms with Crippen LogP contribution in [0, 0.1) is 0 Å². The van der Waals surface area contributed by atoms with Gasteiger partial charge in [-0.05, 0) is 0 Å². The maximum Gasteiger partial charge on any atom is 0.460 e. The lowest BCUT2D eigenvalue weighted by Gasteiger charge is -2.37. The van der Waals surface area contributed by atoms with E-state index in [0.29, 0.717) is 6.92 Å².